The van der Waals surface area contributed by atoms with E-state index in [0.29, 0.717) is 18.2 Å². The number of ketones is 1. The number of carbonyl (C=O) groups excluding carboxylic acids is 1. The molecule has 0 atom stereocenters. The van der Waals surface area contributed by atoms with Gasteiger partial charge in [0.05, 0.1) is 12.1 Å². The SMILES string of the molecule is CCCCC1CCC(C(=O)Cc2ccn(C(C)C)n2)CC1. The first-order valence-corrected chi connectivity index (χ1v) is 8.66. The van der Waals surface area contributed by atoms with Crippen LogP contribution in [0.5, 0.6) is 0 Å². The van der Waals surface area contributed by atoms with Crippen molar-refractivity contribution in [3.63, 3.8) is 0 Å². The molecule has 0 unspecified atom stereocenters. The van der Waals surface area contributed by atoms with Crippen molar-refractivity contribution >= 4 is 5.78 Å². The lowest BCUT2D eigenvalue weighted by Gasteiger charge is -2.27. The van der Waals surface area contributed by atoms with Crippen molar-refractivity contribution in [2.75, 3.05) is 0 Å². The molecular formula is C18H30N2O. The van der Waals surface area contributed by atoms with Crippen molar-refractivity contribution in [3.05, 3.63) is 18.0 Å². The fraction of sp³-hybridized carbons (Fsp3) is 0.778. The summed E-state index contributed by atoms with van der Waals surface area (Å²) in [5.41, 5.74) is 0.932. The van der Waals surface area contributed by atoms with Crippen LogP contribution in [-0.2, 0) is 11.2 Å². The van der Waals surface area contributed by atoms with E-state index in [-0.39, 0.29) is 5.92 Å². The molecule has 0 aromatic carbocycles. The van der Waals surface area contributed by atoms with Gasteiger partial charge in [0.2, 0.25) is 0 Å². The zero-order chi connectivity index (χ0) is 15.2. The number of hydrogen-bond donors (Lipinski definition) is 0. The summed E-state index contributed by atoms with van der Waals surface area (Å²) in [6.45, 7) is 6.47. The quantitative estimate of drug-likeness (QED) is 0.737. The monoisotopic (exact) mass is 290 g/mol. The molecule has 21 heavy (non-hydrogen) atoms. The highest BCUT2D eigenvalue weighted by Crippen LogP contribution is 2.32. The van der Waals surface area contributed by atoms with Gasteiger partial charge >= 0.3 is 0 Å². The number of hydrogen-bond acceptors (Lipinski definition) is 2. The highest BCUT2D eigenvalue weighted by atomic mass is 16.1. The van der Waals surface area contributed by atoms with Gasteiger partial charge in [-0.25, -0.2) is 0 Å². The summed E-state index contributed by atoms with van der Waals surface area (Å²) in [5, 5.41) is 4.50. The summed E-state index contributed by atoms with van der Waals surface area (Å²) in [6.07, 6.45) is 11.2. The minimum absolute atomic E-state index is 0.284. The molecule has 1 heterocycles. The van der Waals surface area contributed by atoms with Gasteiger partial charge in [-0.3, -0.25) is 9.48 Å². The van der Waals surface area contributed by atoms with E-state index < -0.39 is 0 Å². The fourth-order valence-electron chi connectivity index (χ4n) is 3.35. The van der Waals surface area contributed by atoms with Gasteiger partial charge in [0.1, 0.15) is 5.78 Å². The third-order valence-corrected chi connectivity index (χ3v) is 4.82. The maximum atomic E-state index is 12.4. The highest BCUT2D eigenvalue weighted by Gasteiger charge is 2.26. The Labute approximate surface area is 129 Å². The Bertz CT molecular complexity index is 442. The molecule has 1 saturated carbocycles. The largest absolute Gasteiger partial charge is 0.299 e. The van der Waals surface area contributed by atoms with Crippen molar-refractivity contribution in [2.24, 2.45) is 11.8 Å². The lowest BCUT2D eigenvalue weighted by molar-refractivity contribution is -0.123. The van der Waals surface area contributed by atoms with Crippen LogP contribution < -0.4 is 0 Å². The predicted octanol–water partition coefficient (Wildman–Crippen LogP) is 4.57. The molecular weight excluding hydrogens is 260 g/mol. The maximum Gasteiger partial charge on any atom is 0.141 e. The number of rotatable bonds is 7. The van der Waals surface area contributed by atoms with Crippen LogP contribution in [0.1, 0.15) is 77.5 Å². The van der Waals surface area contributed by atoms with Crippen LogP contribution in [0.15, 0.2) is 12.3 Å². The third-order valence-electron chi connectivity index (χ3n) is 4.82. The molecule has 0 radical (unpaired) electrons. The summed E-state index contributed by atoms with van der Waals surface area (Å²) in [4.78, 5) is 12.4. The van der Waals surface area contributed by atoms with Crippen molar-refractivity contribution in [1.29, 1.82) is 0 Å². The Balaban J connectivity index is 1.79. The van der Waals surface area contributed by atoms with E-state index in [1.807, 2.05) is 16.9 Å². The van der Waals surface area contributed by atoms with E-state index in [9.17, 15) is 4.79 Å². The summed E-state index contributed by atoms with van der Waals surface area (Å²) < 4.78 is 1.93. The summed E-state index contributed by atoms with van der Waals surface area (Å²) in [7, 11) is 0. The molecule has 0 bridgehead atoms. The van der Waals surface area contributed by atoms with Gasteiger partial charge in [0.25, 0.3) is 0 Å². The Morgan fingerprint density at radius 3 is 2.62 bits per heavy atom. The van der Waals surface area contributed by atoms with Crippen LogP contribution in [0.25, 0.3) is 0 Å². The molecule has 1 aliphatic rings. The van der Waals surface area contributed by atoms with Gasteiger partial charge in [0, 0.05) is 18.2 Å². The van der Waals surface area contributed by atoms with Gasteiger partial charge in [-0.1, -0.05) is 26.2 Å². The Hall–Kier alpha value is -1.12. The van der Waals surface area contributed by atoms with Gasteiger partial charge < -0.3 is 0 Å². The number of Topliss-reactive ketones (excluding diaryl/α,β-unsaturated/α-hetero) is 1. The van der Waals surface area contributed by atoms with E-state index in [1.165, 1.54) is 32.1 Å². The molecule has 1 aliphatic carbocycles. The van der Waals surface area contributed by atoms with E-state index in [4.69, 9.17) is 0 Å². The smallest absolute Gasteiger partial charge is 0.141 e. The van der Waals surface area contributed by atoms with Crippen LogP contribution in [0.2, 0.25) is 0 Å². The standard InChI is InChI=1S/C18H30N2O/c1-4-5-6-15-7-9-16(10-8-15)18(21)13-17-11-12-20(19-17)14(2)3/h11-12,14-16H,4-10,13H2,1-3H3. The Morgan fingerprint density at radius 1 is 1.33 bits per heavy atom. The summed E-state index contributed by atoms with van der Waals surface area (Å²) in [5.74, 6) is 1.55. The Morgan fingerprint density at radius 2 is 2.05 bits per heavy atom. The van der Waals surface area contributed by atoms with Crippen LogP contribution in [0.3, 0.4) is 0 Å². The van der Waals surface area contributed by atoms with Crippen LogP contribution in [-0.4, -0.2) is 15.6 Å². The number of nitrogens with zero attached hydrogens (tertiary/aromatic N) is 2. The lowest BCUT2D eigenvalue weighted by Crippen LogP contribution is -2.23. The molecule has 2 rings (SSSR count). The van der Waals surface area contributed by atoms with E-state index >= 15 is 0 Å². The lowest BCUT2D eigenvalue weighted by atomic mass is 9.77. The molecule has 0 N–H and O–H groups in total. The van der Waals surface area contributed by atoms with Gasteiger partial charge in [0.15, 0.2) is 0 Å². The predicted molar refractivity (Wildman–Crippen MR) is 86.3 cm³/mol. The average Bonchev–Trinajstić information content (AvgIpc) is 2.94. The van der Waals surface area contributed by atoms with E-state index in [0.717, 1.165) is 24.5 Å². The van der Waals surface area contributed by atoms with Crippen molar-refractivity contribution in [1.82, 2.24) is 9.78 Å². The second kappa shape index (κ2) is 7.77. The zero-order valence-corrected chi connectivity index (χ0v) is 13.8. The minimum Gasteiger partial charge on any atom is -0.299 e. The van der Waals surface area contributed by atoms with Crippen molar-refractivity contribution < 1.29 is 4.79 Å². The molecule has 3 nitrogen and oxygen atoms in total. The third kappa shape index (κ3) is 4.69. The number of unbranched alkanes of at least 4 members (excludes halogenated alkanes) is 1. The number of carbonyl (C=O) groups is 1. The van der Waals surface area contributed by atoms with Crippen LogP contribution in [0.4, 0.5) is 0 Å². The summed E-state index contributed by atoms with van der Waals surface area (Å²) in [6, 6.07) is 2.35. The molecule has 118 valence electrons. The topological polar surface area (TPSA) is 34.9 Å². The maximum absolute atomic E-state index is 12.4. The first-order chi connectivity index (χ1) is 10.1. The van der Waals surface area contributed by atoms with Crippen LogP contribution >= 0.6 is 0 Å². The molecule has 0 amide bonds. The van der Waals surface area contributed by atoms with Crippen molar-refractivity contribution in [3.8, 4) is 0 Å². The normalized spacial score (nSPS) is 22.7. The first-order valence-electron chi connectivity index (χ1n) is 8.66. The van der Waals surface area contributed by atoms with Crippen LogP contribution in [0, 0.1) is 11.8 Å². The molecule has 0 saturated heterocycles. The van der Waals surface area contributed by atoms with E-state index in [1.54, 1.807) is 0 Å². The highest BCUT2D eigenvalue weighted by molar-refractivity contribution is 5.82. The molecule has 0 spiro atoms. The minimum atomic E-state index is 0.284. The molecule has 3 heteroatoms. The molecule has 1 fully saturated rings. The second-order valence-electron chi connectivity index (χ2n) is 6.88. The van der Waals surface area contributed by atoms with Crippen molar-refractivity contribution in [2.45, 2.75) is 78.2 Å². The number of aromatic nitrogens is 2. The Kier molecular flexibility index (Phi) is 6.01. The molecule has 1 aromatic rings. The molecule has 0 aliphatic heterocycles. The zero-order valence-electron chi connectivity index (χ0n) is 13.8. The van der Waals surface area contributed by atoms with Gasteiger partial charge in [-0.2, -0.15) is 5.10 Å². The summed E-state index contributed by atoms with van der Waals surface area (Å²) >= 11 is 0. The fourth-order valence-corrected chi connectivity index (χ4v) is 3.35. The van der Waals surface area contributed by atoms with Gasteiger partial charge in [-0.05, 0) is 51.5 Å². The average molecular weight is 290 g/mol. The molecule has 1 aromatic heterocycles. The second-order valence-corrected chi connectivity index (χ2v) is 6.88. The van der Waals surface area contributed by atoms with E-state index in [2.05, 4.69) is 25.9 Å². The van der Waals surface area contributed by atoms with Gasteiger partial charge in [-0.15, -0.1) is 0 Å². The first kappa shape index (κ1) is 16.3.